The zero-order valence-corrected chi connectivity index (χ0v) is 21.3. The van der Waals surface area contributed by atoms with Gasteiger partial charge in [0.25, 0.3) is 0 Å². The Morgan fingerprint density at radius 2 is 2.00 bits per heavy atom. The third-order valence-electron chi connectivity index (χ3n) is 6.97. The molecular formula is C28H33N5O3. The number of nitrogens with zero attached hydrogens (tertiary/aromatic N) is 4. The minimum absolute atomic E-state index is 0.162. The van der Waals surface area contributed by atoms with Crippen molar-refractivity contribution in [3.05, 3.63) is 54.2 Å². The van der Waals surface area contributed by atoms with Gasteiger partial charge in [-0.1, -0.05) is 13.0 Å². The fraction of sp³-hybridized carbons (Fsp3) is 0.393. The normalized spacial score (nSPS) is 15.2. The Morgan fingerprint density at radius 1 is 1.22 bits per heavy atom. The molecule has 36 heavy (non-hydrogen) atoms. The quantitative estimate of drug-likeness (QED) is 0.250. The molecule has 1 aliphatic rings. The fourth-order valence-corrected chi connectivity index (χ4v) is 4.71. The van der Waals surface area contributed by atoms with Crippen molar-refractivity contribution in [3.8, 4) is 17.3 Å². The number of hydrogen-bond acceptors (Lipinski definition) is 6. The third kappa shape index (κ3) is 4.15. The lowest BCUT2D eigenvalue weighted by atomic mass is 10.1. The smallest absolute Gasteiger partial charge is 0.338 e. The number of rotatable bonds is 9. The summed E-state index contributed by atoms with van der Waals surface area (Å²) in [6.45, 7) is 8.83. The van der Waals surface area contributed by atoms with Crippen LogP contribution in [0, 0.1) is 5.92 Å². The highest BCUT2D eigenvalue weighted by Gasteiger charge is 2.32. The second-order valence-electron chi connectivity index (χ2n) is 9.69. The zero-order valence-electron chi connectivity index (χ0n) is 21.3. The van der Waals surface area contributed by atoms with Gasteiger partial charge in [-0.2, -0.15) is 0 Å². The highest BCUT2D eigenvalue weighted by Crippen LogP contribution is 2.44. The Hall–Kier alpha value is -3.65. The van der Waals surface area contributed by atoms with Gasteiger partial charge in [0, 0.05) is 24.0 Å². The second kappa shape index (κ2) is 9.43. The third-order valence-corrected chi connectivity index (χ3v) is 6.97. The maximum atomic E-state index is 12.3. The van der Waals surface area contributed by atoms with E-state index in [1.54, 1.807) is 19.2 Å². The van der Waals surface area contributed by atoms with Crippen LogP contribution in [0.1, 0.15) is 61.2 Å². The van der Waals surface area contributed by atoms with Crippen molar-refractivity contribution in [2.24, 2.45) is 11.7 Å². The van der Waals surface area contributed by atoms with Crippen LogP contribution in [0.25, 0.3) is 33.6 Å². The van der Waals surface area contributed by atoms with Crippen LogP contribution < -0.4 is 10.5 Å². The molecule has 1 aromatic carbocycles. The van der Waals surface area contributed by atoms with Gasteiger partial charge in [-0.3, -0.25) is 0 Å². The molecule has 0 bridgehead atoms. The Labute approximate surface area is 210 Å². The molecule has 1 aliphatic carbocycles. The molecule has 188 valence electrons. The van der Waals surface area contributed by atoms with Crippen molar-refractivity contribution in [2.75, 3.05) is 14.2 Å². The summed E-state index contributed by atoms with van der Waals surface area (Å²) in [5, 5.41) is 1.04. The Bertz CT molecular complexity index is 1460. The van der Waals surface area contributed by atoms with Gasteiger partial charge >= 0.3 is 5.97 Å². The Kier molecular flexibility index (Phi) is 6.30. The van der Waals surface area contributed by atoms with Crippen molar-refractivity contribution in [3.63, 3.8) is 0 Å². The molecule has 0 saturated heterocycles. The van der Waals surface area contributed by atoms with Crippen molar-refractivity contribution in [1.29, 1.82) is 0 Å². The monoisotopic (exact) mass is 487 g/mol. The van der Waals surface area contributed by atoms with Crippen molar-refractivity contribution in [1.82, 2.24) is 19.1 Å². The highest BCUT2D eigenvalue weighted by atomic mass is 16.5. The molecule has 0 amide bonds. The fourth-order valence-electron chi connectivity index (χ4n) is 4.71. The largest absolute Gasteiger partial charge is 0.494 e. The topological polar surface area (TPSA) is 97.2 Å². The highest BCUT2D eigenvalue weighted by molar-refractivity contribution is 5.97. The first kappa shape index (κ1) is 24.1. The first-order valence-corrected chi connectivity index (χ1v) is 12.4. The van der Waals surface area contributed by atoms with Crippen molar-refractivity contribution >= 4 is 28.0 Å². The number of methoxy groups -OCH3 is 2. The molecule has 3 heterocycles. The van der Waals surface area contributed by atoms with Gasteiger partial charge in [-0.05, 0) is 62.4 Å². The lowest BCUT2D eigenvalue weighted by molar-refractivity contribution is 0.0600. The molecule has 4 aromatic rings. The summed E-state index contributed by atoms with van der Waals surface area (Å²) in [5.41, 5.74) is 10.9. The number of aryl methyl sites for hydroxylation is 1. The molecule has 5 rings (SSSR count). The standard InChI is InChI=1S/C28H33N5O3/c1-6-16(2)11-12-32-23(14-18-7-10-21(17(3)29)30-26(18)32)27-31-22-13-19(28(34)36-5)15-24(35-4)25(22)33(27)20-8-9-20/h6-7,10,13-17,20H,1,8-9,11-12,29H2,2-5H3/t16-,17-/m1/s1. The summed E-state index contributed by atoms with van der Waals surface area (Å²) in [6.07, 6.45) is 5.04. The van der Waals surface area contributed by atoms with E-state index in [9.17, 15) is 4.79 Å². The summed E-state index contributed by atoms with van der Waals surface area (Å²) in [4.78, 5) is 22.3. The first-order chi connectivity index (χ1) is 17.4. The average molecular weight is 488 g/mol. The minimum Gasteiger partial charge on any atom is -0.494 e. The van der Waals surface area contributed by atoms with Gasteiger partial charge in [-0.15, -0.1) is 6.58 Å². The predicted octanol–water partition coefficient (Wildman–Crippen LogP) is 5.42. The van der Waals surface area contributed by atoms with Gasteiger partial charge < -0.3 is 24.3 Å². The van der Waals surface area contributed by atoms with E-state index in [1.807, 2.05) is 19.1 Å². The van der Waals surface area contributed by atoms with Crippen LogP contribution in [0.3, 0.4) is 0 Å². The summed E-state index contributed by atoms with van der Waals surface area (Å²) in [6, 6.07) is 9.90. The Balaban J connectivity index is 1.77. The second-order valence-corrected chi connectivity index (χ2v) is 9.69. The van der Waals surface area contributed by atoms with E-state index in [1.165, 1.54) is 7.11 Å². The Morgan fingerprint density at radius 3 is 2.64 bits per heavy atom. The van der Waals surface area contributed by atoms with E-state index in [0.29, 0.717) is 28.8 Å². The number of allylic oxidation sites excluding steroid dienone is 1. The summed E-state index contributed by atoms with van der Waals surface area (Å²) >= 11 is 0. The number of fused-ring (bicyclic) bond motifs is 2. The molecule has 0 spiro atoms. The van der Waals surface area contributed by atoms with E-state index in [0.717, 1.165) is 59.6 Å². The summed E-state index contributed by atoms with van der Waals surface area (Å²) in [5.74, 6) is 1.40. The molecule has 1 saturated carbocycles. The first-order valence-electron chi connectivity index (χ1n) is 12.4. The lowest BCUT2D eigenvalue weighted by Crippen LogP contribution is -2.10. The molecule has 1 fully saturated rings. The molecule has 2 N–H and O–H groups in total. The van der Waals surface area contributed by atoms with Crippen molar-refractivity contribution in [2.45, 2.75) is 51.7 Å². The lowest BCUT2D eigenvalue weighted by Gasteiger charge is -2.15. The van der Waals surface area contributed by atoms with E-state index in [2.05, 4.69) is 34.8 Å². The van der Waals surface area contributed by atoms with E-state index < -0.39 is 5.97 Å². The van der Waals surface area contributed by atoms with Crippen LogP contribution in [0.4, 0.5) is 0 Å². The van der Waals surface area contributed by atoms with Crippen LogP contribution in [-0.2, 0) is 11.3 Å². The SMILES string of the molecule is C=C[C@@H](C)CCn1c(-c2nc3cc(C(=O)OC)cc(OC)c3n2C2CC2)cc2ccc([C@@H](C)N)nc21. The van der Waals surface area contributed by atoms with Crippen molar-refractivity contribution < 1.29 is 14.3 Å². The molecule has 2 atom stereocenters. The van der Waals surface area contributed by atoms with E-state index >= 15 is 0 Å². The van der Waals surface area contributed by atoms with Crippen LogP contribution >= 0.6 is 0 Å². The van der Waals surface area contributed by atoms with Crippen LogP contribution in [0.15, 0.2) is 43.0 Å². The number of hydrogen-bond donors (Lipinski definition) is 1. The molecular weight excluding hydrogens is 454 g/mol. The molecule has 8 nitrogen and oxygen atoms in total. The number of imidazole rings is 1. The number of carbonyl (C=O) groups excluding carboxylic acids is 1. The molecule has 0 aliphatic heterocycles. The maximum absolute atomic E-state index is 12.3. The van der Waals surface area contributed by atoms with Gasteiger partial charge in [0.05, 0.1) is 36.7 Å². The van der Waals surface area contributed by atoms with Gasteiger partial charge in [-0.25, -0.2) is 14.8 Å². The number of esters is 1. The van der Waals surface area contributed by atoms with Gasteiger partial charge in [0.1, 0.15) is 16.9 Å². The van der Waals surface area contributed by atoms with Crippen LogP contribution in [-0.4, -0.2) is 39.3 Å². The van der Waals surface area contributed by atoms with E-state index in [-0.39, 0.29) is 6.04 Å². The number of pyridine rings is 1. The predicted molar refractivity (Wildman–Crippen MR) is 141 cm³/mol. The van der Waals surface area contributed by atoms with Crippen LogP contribution in [0.2, 0.25) is 0 Å². The maximum Gasteiger partial charge on any atom is 0.338 e. The molecule has 3 aromatic heterocycles. The zero-order chi connectivity index (χ0) is 25.6. The number of aromatic nitrogens is 4. The minimum atomic E-state index is -0.419. The van der Waals surface area contributed by atoms with Crippen LogP contribution in [0.5, 0.6) is 5.75 Å². The summed E-state index contributed by atoms with van der Waals surface area (Å²) in [7, 11) is 2.99. The average Bonchev–Trinajstić information content (AvgIpc) is 3.56. The van der Waals surface area contributed by atoms with E-state index in [4.69, 9.17) is 25.2 Å². The molecule has 0 unspecified atom stereocenters. The van der Waals surface area contributed by atoms with Gasteiger partial charge in [0.2, 0.25) is 0 Å². The number of benzene rings is 1. The van der Waals surface area contributed by atoms with Gasteiger partial charge in [0.15, 0.2) is 5.82 Å². The summed E-state index contributed by atoms with van der Waals surface area (Å²) < 4.78 is 15.2. The number of nitrogens with two attached hydrogens (primary N) is 1. The molecule has 0 radical (unpaired) electrons. The molecule has 8 heteroatoms. The number of ether oxygens (including phenoxy) is 2. The number of carbonyl (C=O) groups is 1.